The minimum absolute atomic E-state index is 0.00580. The minimum Gasteiger partial charge on any atom is -0.486 e. The van der Waals surface area contributed by atoms with Crippen molar-refractivity contribution in [1.82, 2.24) is 20.3 Å². The van der Waals surface area contributed by atoms with Crippen LogP contribution in [0.5, 0.6) is 5.75 Å². The number of primary amides is 1. The van der Waals surface area contributed by atoms with Gasteiger partial charge >= 0.3 is 0 Å². The van der Waals surface area contributed by atoms with Gasteiger partial charge in [-0.1, -0.05) is 42.5 Å². The molecule has 12 nitrogen and oxygen atoms in total. The molecule has 0 spiro atoms. The van der Waals surface area contributed by atoms with Crippen molar-refractivity contribution in [1.29, 1.82) is 0 Å². The summed E-state index contributed by atoms with van der Waals surface area (Å²) in [6.45, 7) is -0.193. The zero-order valence-electron chi connectivity index (χ0n) is 23.7. The number of halogens is 1. The SMILES string of the molecule is NC(=O)CNC(=O)c1ncc(C(=O)NS(=O)(=O)c2ccc(C(=O)NCCc3ccc(F)cc3)cc2)cc1OCc1ccccc1. The fraction of sp³-hybridized carbons (Fsp3) is 0.129. The van der Waals surface area contributed by atoms with Crippen molar-refractivity contribution >= 4 is 33.7 Å². The summed E-state index contributed by atoms with van der Waals surface area (Å²) < 4.78 is 46.6. The van der Waals surface area contributed by atoms with Gasteiger partial charge in [0.1, 0.15) is 12.4 Å². The Balaban J connectivity index is 1.43. The highest BCUT2D eigenvalue weighted by atomic mass is 32.2. The molecule has 0 saturated carbocycles. The average molecular weight is 634 g/mol. The molecule has 0 fully saturated rings. The topological polar surface area (TPSA) is 187 Å². The standard InChI is InChI=1S/C31H28FN5O7S/c32-24-10-6-20(7-11-24)14-15-34-29(39)22-8-12-25(13-9-22)45(42,43)37-30(40)23-16-26(44-19-21-4-2-1-3-5-21)28(35-17-23)31(41)36-18-27(33)38/h1-13,16-17H,14-15,18-19H2,(H2,33,38)(H,34,39)(H,36,41)(H,37,40). The van der Waals surface area contributed by atoms with Crippen LogP contribution in [0.3, 0.4) is 0 Å². The highest BCUT2D eigenvalue weighted by Crippen LogP contribution is 2.21. The highest BCUT2D eigenvalue weighted by molar-refractivity contribution is 7.90. The fourth-order valence-corrected chi connectivity index (χ4v) is 4.91. The summed E-state index contributed by atoms with van der Waals surface area (Å²) in [5.41, 5.74) is 6.36. The van der Waals surface area contributed by atoms with Gasteiger partial charge in [-0.05, 0) is 60.0 Å². The van der Waals surface area contributed by atoms with Crippen LogP contribution in [0.2, 0.25) is 0 Å². The van der Waals surface area contributed by atoms with E-state index in [0.29, 0.717) is 6.42 Å². The molecule has 0 aliphatic carbocycles. The quantitative estimate of drug-likeness (QED) is 0.172. The Kier molecular flexibility index (Phi) is 10.5. The van der Waals surface area contributed by atoms with Gasteiger partial charge in [0.25, 0.3) is 27.7 Å². The molecule has 1 aromatic heterocycles. The van der Waals surface area contributed by atoms with Gasteiger partial charge in [-0.25, -0.2) is 22.5 Å². The second-order valence-electron chi connectivity index (χ2n) is 9.59. The number of carbonyl (C=O) groups is 4. The van der Waals surface area contributed by atoms with Crippen LogP contribution in [0.1, 0.15) is 42.3 Å². The van der Waals surface area contributed by atoms with Crippen LogP contribution in [0, 0.1) is 5.82 Å². The van der Waals surface area contributed by atoms with Crippen molar-refractivity contribution in [3.63, 3.8) is 0 Å². The Hall–Kier alpha value is -5.63. The lowest BCUT2D eigenvalue weighted by atomic mass is 10.1. The third-order valence-corrected chi connectivity index (χ3v) is 7.60. The summed E-state index contributed by atoms with van der Waals surface area (Å²) >= 11 is 0. The first kappa shape index (κ1) is 32.3. The second-order valence-corrected chi connectivity index (χ2v) is 11.3. The van der Waals surface area contributed by atoms with Crippen molar-refractivity contribution < 1.29 is 36.7 Å². The first-order valence-corrected chi connectivity index (χ1v) is 14.9. The molecular weight excluding hydrogens is 605 g/mol. The van der Waals surface area contributed by atoms with E-state index in [4.69, 9.17) is 10.5 Å². The first-order valence-electron chi connectivity index (χ1n) is 13.4. The molecular formula is C31H28FN5O7S. The molecule has 5 N–H and O–H groups in total. The van der Waals surface area contributed by atoms with Crippen LogP contribution in [0.4, 0.5) is 4.39 Å². The molecule has 0 atom stereocenters. The molecule has 4 aromatic rings. The van der Waals surface area contributed by atoms with E-state index in [9.17, 15) is 32.0 Å². The van der Waals surface area contributed by atoms with Crippen LogP contribution in [0.15, 0.2) is 96.0 Å². The fourth-order valence-electron chi connectivity index (χ4n) is 3.93. The Morgan fingerprint density at radius 3 is 2.16 bits per heavy atom. The summed E-state index contributed by atoms with van der Waals surface area (Å²) in [5, 5.41) is 4.99. The number of carbonyl (C=O) groups excluding carboxylic acids is 4. The number of nitrogens with zero attached hydrogens (tertiary/aromatic N) is 1. The second kappa shape index (κ2) is 14.7. The Bertz CT molecular complexity index is 1800. The maximum Gasteiger partial charge on any atom is 0.274 e. The monoisotopic (exact) mass is 633 g/mol. The van der Waals surface area contributed by atoms with Crippen LogP contribution in [0.25, 0.3) is 0 Å². The third kappa shape index (κ3) is 9.18. The minimum atomic E-state index is -4.38. The Morgan fingerprint density at radius 2 is 1.49 bits per heavy atom. The number of rotatable bonds is 13. The van der Waals surface area contributed by atoms with Crippen LogP contribution < -0.4 is 25.8 Å². The molecule has 4 rings (SSSR count). The largest absolute Gasteiger partial charge is 0.486 e. The average Bonchev–Trinajstić information content (AvgIpc) is 3.03. The zero-order chi connectivity index (χ0) is 32.4. The van der Waals surface area contributed by atoms with Gasteiger partial charge in [0.05, 0.1) is 17.0 Å². The van der Waals surface area contributed by atoms with Gasteiger partial charge in [0.15, 0.2) is 11.4 Å². The van der Waals surface area contributed by atoms with E-state index in [1.165, 1.54) is 36.4 Å². The number of nitrogens with two attached hydrogens (primary N) is 1. The number of aromatic nitrogens is 1. The molecule has 3 aromatic carbocycles. The Labute approximate surface area is 257 Å². The number of hydrogen-bond donors (Lipinski definition) is 4. The molecule has 0 saturated heterocycles. The van der Waals surface area contributed by atoms with Gasteiger partial charge in [0, 0.05) is 18.3 Å². The molecule has 0 unspecified atom stereocenters. The first-order chi connectivity index (χ1) is 21.5. The third-order valence-electron chi connectivity index (χ3n) is 6.26. The number of pyridine rings is 1. The van der Waals surface area contributed by atoms with Crippen molar-refractivity contribution in [3.05, 3.63) is 125 Å². The van der Waals surface area contributed by atoms with Crippen LogP contribution in [-0.2, 0) is 27.8 Å². The van der Waals surface area contributed by atoms with E-state index in [-0.39, 0.29) is 46.4 Å². The summed E-state index contributed by atoms with van der Waals surface area (Å²) in [5.74, 6) is -3.58. The van der Waals surface area contributed by atoms with Crippen LogP contribution in [-0.4, -0.2) is 50.1 Å². The number of amides is 4. The number of sulfonamides is 1. The van der Waals surface area contributed by atoms with E-state index in [2.05, 4.69) is 15.6 Å². The van der Waals surface area contributed by atoms with Crippen LogP contribution >= 0.6 is 0 Å². The van der Waals surface area contributed by atoms with E-state index in [0.717, 1.165) is 23.4 Å². The molecule has 14 heteroatoms. The number of hydrogen-bond acceptors (Lipinski definition) is 8. The normalized spacial score (nSPS) is 10.9. The van der Waals surface area contributed by atoms with E-state index >= 15 is 0 Å². The van der Waals surface area contributed by atoms with Crippen molar-refractivity contribution in [2.45, 2.75) is 17.9 Å². The summed E-state index contributed by atoms with van der Waals surface area (Å²) in [6, 6.07) is 20.9. The lowest BCUT2D eigenvalue weighted by Crippen LogP contribution is -2.34. The summed E-state index contributed by atoms with van der Waals surface area (Å²) in [7, 11) is -4.38. The van der Waals surface area contributed by atoms with Gasteiger partial charge in [-0.15, -0.1) is 0 Å². The molecule has 232 valence electrons. The molecule has 4 amide bonds. The van der Waals surface area contributed by atoms with Gasteiger partial charge < -0.3 is 21.1 Å². The van der Waals surface area contributed by atoms with Crippen molar-refractivity contribution in [2.75, 3.05) is 13.1 Å². The van der Waals surface area contributed by atoms with Gasteiger partial charge in [-0.3, -0.25) is 19.2 Å². The van der Waals surface area contributed by atoms with Gasteiger partial charge in [0.2, 0.25) is 5.91 Å². The maximum atomic E-state index is 13.0. The predicted molar refractivity (Wildman–Crippen MR) is 160 cm³/mol. The molecule has 1 heterocycles. The van der Waals surface area contributed by atoms with Crippen molar-refractivity contribution in [3.8, 4) is 5.75 Å². The van der Waals surface area contributed by atoms with E-state index < -0.39 is 40.2 Å². The lowest BCUT2D eigenvalue weighted by molar-refractivity contribution is -0.117. The molecule has 0 radical (unpaired) electrons. The highest BCUT2D eigenvalue weighted by Gasteiger charge is 2.23. The van der Waals surface area contributed by atoms with E-state index in [1.54, 1.807) is 42.5 Å². The maximum absolute atomic E-state index is 13.0. The predicted octanol–water partition coefficient (Wildman–Crippen LogP) is 2.11. The van der Waals surface area contributed by atoms with Crippen molar-refractivity contribution in [2.24, 2.45) is 5.73 Å². The number of nitrogens with one attached hydrogen (secondary N) is 3. The molecule has 0 bridgehead atoms. The smallest absolute Gasteiger partial charge is 0.274 e. The number of benzene rings is 3. The Morgan fingerprint density at radius 1 is 0.800 bits per heavy atom. The molecule has 0 aliphatic rings. The van der Waals surface area contributed by atoms with Gasteiger partial charge in [-0.2, -0.15) is 0 Å². The lowest BCUT2D eigenvalue weighted by Gasteiger charge is -2.13. The molecule has 0 aliphatic heterocycles. The summed E-state index contributed by atoms with van der Waals surface area (Å²) in [4.78, 5) is 52.8. The molecule has 45 heavy (non-hydrogen) atoms. The number of ether oxygens (including phenoxy) is 1. The zero-order valence-corrected chi connectivity index (χ0v) is 24.5. The van der Waals surface area contributed by atoms with E-state index in [1.807, 2.05) is 4.72 Å². The summed E-state index contributed by atoms with van der Waals surface area (Å²) in [6.07, 6.45) is 1.45.